The third-order valence-corrected chi connectivity index (χ3v) is 5.10. The summed E-state index contributed by atoms with van der Waals surface area (Å²) in [6, 6.07) is 0. The average Bonchev–Trinajstić information content (AvgIpc) is 2.70. The molecule has 0 bridgehead atoms. The Morgan fingerprint density at radius 2 is 1.18 bits per heavy atom. The van der Waals surface area contributed by atoms with Gasteiger partial charge in [-0.1, -0.05) is 97.8 Å². The number of esters is 2. The Morgan fingerprint density at radius 1 is 0.679 bits per heavy atom. The number of hydrogen-bond acceptors (Lipinski definition) is 4. The third kappa shape index (κ3) is 18.1. The van der Waals surface area contributed by atoms with Crippen LogP contribution in [0.1, 0.15) is 111 Å². The van der Waals surface area contributed by atoms with E-state index in [1.165, 1.54) is 63.5 Å². The Labute approximate surface area is 173 Å². The van der Waals surface area contributed by atoms with E-state index in [1.807, 2.05) is 0 Å². The molecule has 0 N–H and O–H groups in total. The molecule has 0 heterocycles. The predicted octanol–water partition coefficient (Wildman–Crippen LogP) is 6.77. The van der Waals surface area contributed by atoms with E-state index in [0.29, 0.717) is 19.1 Å². The van der Waals surface area contributed by atoms with Gasteiger partial charge in [0.05, 0.1) is 13.2 Å². The standard InChI is InChI=1S/C24H44O4/c1-4-7-9-10-11-12-13-14-15-16-20-27-23(25)18-19-24(26)28-21-22(6-3)17-8-5-2/h18-19,22H,4-17,20-21H2,1-3H3/b19-18+. The van der Waals surface area contributed by atoms with Crippen LogP contribution >= 0.6 is 0 Å². The molecule has 0 saturated heterocycles. The summed E-state index contributed by atoms with van der Waals surface area (Å²) in [5.41, 5.74) is 0. The maximum Gasteiger partial charge on any atom is 0.331 e. The SMILES string of the molecule is CCCCCCCCCCCCOC(=O)/C=C/C(=O)OCC(CC)CCCC. The first-order valence-electron chi connectivity index (χ1n) is 11.7. The van der Waals surface area contributed by atoms with E-state index in [0.717, 1.165) is 38.5 Å². The summed E-state index contributed by atoms with van der Waals surface area (Å²) in [7, 11) is 0. The van der Waals surface area contributed by atoms with Crippen molar-refractivity contribution in [3.63, 3.8) is 0 Å². The summed E-state index contributed by atoms with van der Waals surface area (Å²) in [6.45, 7) is 7.35. The molecule has 0 amide bonds. The Balaban J connectivity index is 3.60. The minimum atomic E-state index is -0.467. The highest BCUT2D eigenvalue weighted by Gasteiger charge is 2.08. The summed E-state index contributed by atoms with van der Waals surface area (Å²) in [5.74, 6) is -0.530. The lowest BCUT2D eigenvalue weighted by molar-refractivity contribution is -0.141. The van der Waals surface area contributed by atoms with Crippen molar-refractivity contribution in [2.75, 3.05) is 13.2 Å². The lowest BCUT2D eigenvalue weighted by Crippen LogP contribution is -2.12. The average molecular weight is 397 g/mol. The first kappa shape index (κ1) is 26.7. The predicted molar refractivity (Wildman–Crippen MR) is 116 cm³/mol. The van der Waals surface area contributed by atoms with E-state index in [-0.39, 0.29) is 0 Å². The molecule has 28 heavy (non-hydrogen) atoms. The van der Waals surface area contributed by atoms with Gasteiger partial charge in [0.15, 0.2) is 0 Å². The number of unbranched alkanes of at least 4 members (excludes halogenated alkanes) is 10. The highest BCUT2D eigenvalue weighted by atomic mass is 16.5. The van der Waals surface area contributed by atoms with Gasteiger partial charge in [0, 0.05) is 12.2 Å². The first-order chi connectivity index (χ1) is 13.6. The Kier molecular flexibility index (Phi) is 19.5. The molecule has 0 radical (unpaired) electrons. The monoisotopic (exact) mass is 396 g/mol. The summed E-state index contributed by atoms with van der Waals surface area (Å²) in [6.07, 6.45) is 19.2. The molecule has 0 rings (SSSR count). The van der Waals surface area contributed by atoms with Crippen molar-refractivity contribution in [3.8, 4) is 0 Å². The zero-order valence-corrected chi connectivity index (χ0v) is 18.7. The molecular weight excluding hydrogens is 352 g/mol. The minimum Gasteiger partial charge on any atom is -0.463 e. The fourth-order valence-electron chi connectivity index (χ4n) is 3.09. The summed E-state index contributed by atoms with van der Waals surface area (Å²) < 4.78 is 10.4. The first-order valence-corrected chi connectivity index (χ1v) is 11.7. The van der Waals surface area contributed by atoms with Crippen molar-refractivity contribution in [1.29, 1.82) is 0 Å². The largest absolute Gasteiger partial charge is 0.463 e. The van der Waals surface area contributed by atoms with E-state index in [2.05, 4.69) is 20.8 Å². The highest BCUT2D eigenvalue weighted by molar-refractivity contribution is 5.91. The van der Waals surface area contributed by atoms with Gasteiger partial charge in [-0.05, 0) is 18.8 Å². The molecule has 4 nitrogen and oxygen atoms in total. The van der Waals surface area contributed by atoms with E-state index < -0.39 is 11.9 Å². The van der Waals surface area contributed by atoms with Gasteiger partial charge >= 0.3 is 11.9 Å². The van der Waals surface area contributed by atoms with Crippen LogP contribution in [0.15, 0.2) is 12.2 Å². The molecule has 0 aliphatic carbocycles. The lowest BCUT2D eigenvalue weighted by Gasteiger charge is -2.13. The van der Waals surface area contributed by atoms with Crippen molar-refractivity contribution in [3.05, 3.63) is 12.2 Å². The van der Waals surface area contributed by atoms with Crippen LogP contribution in [0.3, 0.4) is 0 Å². The van der Waals surface area contributed by atoms with Crippen LogP contribution in [0.4, 0.5) is 0 Å². The van der Waals surface area contributed by atoms with Crippen LogP contribution < -0.4 is 0 Å². The number of hydrogen-bond donors (Lipinski definition) is 0. The molecule has 1 unspecified atom stereocenters. The topological polar surface area (TPSA) is 52.6 Å². The molecule has 164 valence electrons. The normalized spacial score (nSPS) is 12.2. The number of ether oxygens (including phenoxy) is 2. The van der Waals surface area contributed by atoms with Crippen molar-refractivity contribution in [1.82, 2.24) is 0 Å². The van der Waals surface area contributed by atoms with E-state index >= 15 is 0 Å². The molecule has 4 heteroatoms. The van der Waals surface area contributed by atoms with Gasteiger partial charge in [-0.2, -0.15) is 0 Å². The molecule has 0 aromatic rings. The number of rotatable bonds is 19. The van der Waals surface area contributed by atoms with Gasteiger partial charge in [-0.15, -0.1) is 0 Å². The van der Waals surface area contributed by atoms with Crippen molar-refractivity contribution >= 4 is 11.9 Å². The minimum absolute atomic E-state index is 0.403. The highest BCUT2D eigenvalue weighted by Crippen LogP contribution is 2.13. The molecule has 0 aliphatic rings. The molecule has 0 fully saturated rings. The third-order valence-electron chi connectivity index (χ3n) is 5.10. The zero-order chi connectivity index (χ0) is 20.9. The second-order valence-electron chi connectivity index (χ2n) is 7.73. The van der Waals surface area contributed by atoms with E-state index in [9.17, 15) is 9.59 Å². The molecule has 0 spiro atoms. The Bertz CT molecular complexity index is 403. The van der Waals surface area contributed by atoms with Gasteiger partial charge in [0.25, 0.3) is 0 Å². The molecule has 0 aromatic carbocycles. The van der Waals surface area contributed by atoms with Crippen molar-refractivity contribution < 1.29 is 19.1 Å². The molecule has 0 aliphatic heterocycles. The van der Waals surface area contributed by atoms with Gasteiger partial charge in [0.2, 0.25) is 0 Å². The summed E-state index contributed by atoms with van der Waals surface area (Å²) in [4.78, 5) is 23.3. The smallest absolute Gasteiger partial charge is 0.331 e. The molecular formula is C24H44O4. The number of carbonyl (C=O) groups excluding carboxylic acids is 2. The molecule has 0 aromatic heterocycles. The maximum atomic E-state index is 11.7. The Morgan fingerprint density at radius 3 is 1.71 bits per heavy atom. The fraction of sp³-hybridized carbons (Fsp3) is 0.833. The second kappa shape index (κ2) is 20.4. The van der Waals surface area contributed by atoms with Crippen LogP contribution in [0.25, 0.3) is 0 Å². The lowest BCUT2D eigenvalue weighted by atomic mass is 10.0. The van der Waals surface area contributed by atoms with Crippen molar-refractivity contribution in [2.24, 2.45) is 5.92 Å². The van der Waals surface area contributed by atoms with Crippen LogP contribution in [-0.2, 0) is 19.1 Å². The van der Waals surface area contributed by atoms with Crippen LogP contribution in [-0.4, -0.2) is 25.2 Å². The zero-order valence-electron chi connectivity index (χ0n) is 18.7. The van der Waals surface area contributed by atoms with Gasteiger partial charge in [-0.3, -0.25) is 0 Å². The van der Waals surface area contributed by atoms with Crippen molar-refractivity contribution in [2.45, 2.75) is 111 Å². The fourth-order valence-corrected chi connectivity index (χ4v) is 3.09. The molecule has 0 saturated carbocycles. The van der Waals surface area contributed by atoms with Crippen LogP contribution in [0, 0.1) is 5.92 Å². The summed E-state index contributed by atoms with van der Waals surface area (Å²) in [5, 5.41) is 0. The Hall–Kier alpha value is -1.32. The maximum absolute atomic E-state index is 11.7. The van der Waals surface area contributed by atoms with Gasteiger partial charge < -0.3 is 9.47 Å². The summed E-state index contributed by atoms with van der Waals surface area (Å²) >= 11 is 0. The van der Waals surface area contributed by atoms with Gasteiger partial charge in [0.1, 0.15) is 0 Å². The van der Waals surface area contributed by atoms with E-state index in [4.69, 9.17) is 9.47 Å². The molecule has 1 atom stereocenters. The van der Waals surface area contributed by atoms with Gasteiger partial charge in [-0.25, -0.2) is 9.59 Å². The van der Waals surface area contributed by atoms with Crippen LogP contribution in [0.5, 0.6) is 0 Å². The quantitative estimate of drug-likeness (QED) is 0.137. The van der Waals surface area contributed by atoms with E-state index in [1.54, 1.807) is 0 Å². The van der Waals surface area contributed by atoms with Crippen LogP contribution in [0.2, 0.25) is 0 Å². The number of carbonyl (C=O) groups is 2. The second-order valence-corrected chi connectivity index (χ2v) is 7.73.